The predicted octanol–water partition coefficient (Wildman–Crippen LogP) is 7.73. The van der Waals surface area contributed by atoms with Crippen molar-refractivity contribution in [2.45, 2.75) is 93.6 Å². The third-order valence-electron chi connectivity index (χ3n) is 10.3. The molecule has 3 rings (SSSR count). The van der Waals surface area contributed by atoms with Crippen LogP contribution in [0.5, 0.6) is 11.5 Å². The molecule has 5 unspecified atom stereocenters. The summed E-state index contributed by atoms with van der Waals surface area (Å²) in [5.74, 6) is -4.27. The van der Waals surface area contributed by atoms with Gasteiger partial charge in [0.1, 0.15) is 16.7 Å². The molecule has 5 atom stereocenters. The minimum absolute atomic E-state index is 0.00714. The van der Waals surface area contributed by atoms with Crippen molar-refractivity contribution in [3.63, 3.8) is 0 Å². The molecule has 2 fully saturated rings. The third-order valence-corrected chi connectivity index (χ3v) is 10.3. The summed E-state index contributed by atoms with van der Waals surface area (Å²) in [6.45, 7) is 23.1. The number of phenolic OH excluding ortho intramolecular Hbond substituents is 2. The highest BCUT2D eigenvalue weighted by molar-refractivity contribution is 6.41. The second kappa shape index (κ2) is 13.0. The largest absolute Gasteiger partial charge is 0.506 e. The normalized spacial score (nSPS) is 26.5. The topological polar surface area (TPSA) is 132 Å². The zero-order valence-electron chi connectivity index (χ0n) is 28.1. The van der Waals surface area contributed by atoms with Gasteiger partial charge in [0.2, 0.25) is 0 Å². The fourth-order valence-electron chi connectivity index (χ4n) is 7.18. The maximum atomic E-state index is 15.2. The molecule has 0 aromatic heterocycles. The number of rotatable bonds is 11. The first-order valence-corrected chi connectivity index (χ1v) is 15.6. The quantitative estimate of drug-likeness (QED) is 0.0498. The van der Waals surface area contributed by atoms with Crippen LogP contribution in [0.3, 0.4) is 0 Å². The van der Waals surface area contributed by atoms with E-state index in [0.717, 1.165) is 23.3 Å². The van der Waals surface area contributed by atoms with Crippen LogP contribution in [0.15, 0.2) is 71.4 Å². The van der Waals surface area contributed by atoms with Crippen LogP contribution in [0.4, 0.5) is 0 Å². The molecule has 2 aliphatic carbocycles. The molecule has 0 radical (unpaired) electrons. The van der Waals surface area contributed by atoms with Crippen LogP contribution in [-0.2, 0) is 14.4 Å². The van der Waals surface area contributed by atoms with Gasteiger partial charge in [-0.25, -0.2) is 0 Å². The van der Waals surface area contributed by atoms with E-state index >= 15 is 4.79 Å². The van der Waals surface area contributed by atoms with E-state index in [1.54, 1.807) is 13.8 Å². The van der Waals surface area contributed by atoms with Gasteiger partial charge < -0.3 is 20.4 Å². The Kier molecular flexibility index (Phi) is 10.3. The number of ketones is 3. The van der Waals surface area contributed by atoms with Gasteiger partial charge in [0.25, 0.3) is 0 Å². The van der Waals surface area contributed by atoms with Crippen molar-refractivity contribution >= 4 is 23.1 Å². The standard InChI is InChI=1S/C38H50O7/c1-21(2)11-13-27-20-37(19-26(23(5)6)18-29(40)24(7)8)33(43)31(32(42)25-12-14-28(39)30(41)17-25)34(44)38(35(37)45,36(27,9)10)16-15-22(3)4/h11-12,14-15,17,26-27,29,39-42H,5,7,13,16,18-20H2,1-4,6,8-10H3. The summed E-state index contributed by atoms with van der Waals surface area (Å²) in [4.78, 5) is 45.0. The number of benzene rings is 1. The average Bonchev–Trinajstić information content (AvgIpc) is 2.93. The van der Waals surface area contributed by atoms with Gasteiger partial charge in [-0.1, -0.05) is 61.4 Å². The average molecular weight is 619 g/mol. The molecule has 7 nitrogen and oxygen atoms in total. The molecule has 1 aromatic rings. The van der Waals surface area contributed by atoms with Crippen molar-refractivity contribution in [3.8, 4) is 11.5 Å². The number of fused-ring (bicyclic) bond motifs is 2. The van der Waals surface area contributed by atoms with Crippen molar-refractivity contribution in [1.29, 1.82) is 0 Å². The molecule has 0 spiro atoms. The summed E-state index contributed by atoms with van der Waals surface area (Å²) in [5.41, 5.74) is -1.62. The van der Waals surface area contributed by atoms with Gasteiger partial charge in [0, 0.05) is 5.56 Å². The fourth-order valence-corrected chi connectivity index (χ4v) is 7.18. The Bertz CT molecular complexity index is 1510. The van der Waals surface area contributed by atoms with E-state index < -0.39 is 68.4 Å². The van der Waals surface area contributed by atoms with Crippen molar-refractivity contribution in [2.24, 2.45) is 28.1 Å². The van der Waals surface area contributed by atoms with E-state index in [0.29, 0.717) is 17.6 Å². The van der Waals surface area contributed by atoms with Crippen LogP contribution in [0.2, 0.25) is 0 Å². The lowest BCUT2D eigenvalue weighted by Crippen LogP contribution is -2.69. The first-order chi connectivity index (χ1) is 20.7. The molecule has 0 amide bonds. The Hall–Kier alpha value is -3.71. The lowest BCUT2D eigenvalue weighted by atomic mass is 9.38. The number of hydrogen-bond acceptors (Lipinski definition) is 7. The molecule has 2 aliphatic rings. The SMILES string of the molecule is C=C(C)C(O)CC(CC12CC(CC=C(C)C)C(C)(C)C(CC=C(C)C)(C(=O)C(=C(O)c3ccc(O)c(O)c3)C1=O)C2=O)C(=C)C. The van der Waals surface area contributed by atoms with Crippen molar-refractivity contribution in [1.82, 2.24) is 0 Å². The van der Waals surface area contributed by atoms with Crippen LogP contribution >= 0.6 is 0 Å². The van der Waals surface area contributed by atoms with Crippen LogP contribution in [0, 0.1) is 28.1 Å². The Balaban J connectivity index is 2.46. The summed E-state index contributed by atoms with van der Waals surface area (Å²) in [7, 11) is 0. The van der Waals surface area contributed by atoms with Gasteiger partial charge >= 0.3 is 0 Å². The monoisotopic (exact) mass is 618 g/mol. The Labute approximate surface area is 267 Å². The van der Waals surface area contributed by atoms with Crippen molar-refractivity contribution in [3.05, 3.63) is 76.9 Å². The van der Waals surface area contributed by atoms with Gasteiger partial charge in [-0.3, -0.25) is 14.4 Å². The molecule has 0 aliphatic heterocycles. The highest BCUT2D eigenvalue weighted by Gasteiger charge is 2.74. The van der Waals surface area contributed by atoms with Gasteiger partial charge in [-0.15, -0.1) is 0 Å². The fraction of sp³-hybridized carbons (Fsp3) is 0.500. The summed E-state index contributed by atoms with van der Waals surface area (Å²) >= 11 is 0. The van der Waals surface area contributed by atoms with Crippen molar-refractivity contribution in [2.75, 3.05) is 0 Å². The minimum atomic E-state index is -1.69. The van der Waals surface area contributed by atoms with Gasteiger partial charge in [0.05, 0.1) is 11.5 Å². The maximum absolute atomic E-state index is 15.2. The zero-order valence-corrected chi connectivity index (χ0v) is 28.1. The summed E-state index contributed by atoms with van der Waals surface area (Å²) in [6, 6.07) is 3.56. The number of hydrogen-bond donors (Lipinski definition) is 4. The Morgan fingerprint density at radius 3 is 2.04 bits per heavy atom. The van der Waals surface area contributed by atoms with E-state index in [4.69, 9.17) is 0 Å². The van der Waals surface area contributed by atoms with E-state index in [9.17, 15) is 30.0 Å². The van der Waals surface area contributed by atoms with Crippen molar-refractivity contribution < 1.29 is 34.8 Å². The highest BCUT2D eigenvalue weighted by atomic mass is 16.3. The lowest BCUT2D eigenvalue weighted by molar-refractivity contribution is -0.177. The molecular formula is C38H50O7. The number of allylic oxidation sites excluding steroid dienone is 6. The molecule has 4 N–H and O–H groups in total. The predicted molar refractivity (Wildman–Crippen MR) is 178 cm³/mol. The Morgan fingerprint density at radius 1 is 0.933 bits per heavy atom. The molecule has 2 saturated carbocycles. The molecule has 2 bridgehead atoms. The summed E-state index contributed by atoms with van der Waals surface area (Å²) in [6.07, 6.45) is 3.98. The second-order valence-electron chi connectivity index (χ2n) is 14.4. The second-order valence-corrected chi connectivity index (χ2v) is 14.4. The smallest absolute Gasteiger partial charge is 0.184 e. The number of aliphatic hydroxyl groups is 2. The number of aromatic hydroxyl groups is 2. The molecule has 244 valence electrons. The first-order valence-electron chi connectivity index (χ1n) is 15.6. The van der Waals surface area contributed by atoms with E-state index in [1.165, 1.54) is 6.07 Å². The van der Waals surface area contributed by atoms with E-state index in [1.807, 2.05) is 47.6 Å². The third kappa shape index (κ3) is 6.24. The van der Waals surface area contributed by atoms with Crippen LogP contribution < -0.4 is 0 Å². The van der Waals surface area contributed by atoms with Gasteiger partial charge in [-0.2, -0.15) is 0 Å². The number of aliphatic hydroxyl groups excluding tert-OH is 2. The lowest BCUT2D eigenvalue weighted by Gasteiger charge is -2.61. The summed E-state index contributed by atoms with van der Waals surface area (Å²) in [5, 5.41) is 42.6. The molecule has 1 aromatic carbocycles. The van der Waals surface area contributed by atoms with Crippen LogP contribution in [0.1, 0.15) is 93.1 Å². The highest BCUT2D eigenvalue weighted by Crippen LogP contribution is 2.66. The first kappa shape index (κ1) is 35.8. The van der Waals surface area contributed by atoms with E-state index in [-0.39, 0.29) is 37.2 Å². The molecule has 7 heteroatoms. The van der Waals surface area contributed by atoms with Crippen LogP contribution in [-0.4, -0.2) is 43.9 Å². The van der Waals surface area contributed by atoms with Gasteiger partial charge in [-0.05, 0) is 109 Å². The molecule has 45 heavy (non-hydrogen) atoms. The number of carbonyl (C=O) groups excluding carboxylic acids is 3. The summed E-state index contributed by atoms with van der Waals surface area (Å²) < 4.78 is 0. The molecular weight excluding hydrogens is 568 g/mol. The number of Topliss-reactive ketones (excluding diaryl/α,β-unsaturated/α-hetero) is 3. The van der Waals surface area contributed by atoms with E-state index in [2.05, 4.69) is 19.2 Å². The van der Waals surface area contributed by atoms with Gasteiger partial charge in [0.15, 0.2) is 28.8 Å². The number of phenols is 2. The Morgan fingerprint density at radius 2 is 1.53 bits per heavy atom. The molecule has 0 saturated heterocycles. The number of carbonyl (C=O) groups is 3. The maximum Gasteiger partial charge on any atom is 0.184 e. The van der Waals surface area contributed by atoms with Crippen LogP contribution in [0.25, 0.3) is 5.76 Å². The molecule has 0 heterocycles. The zero-order chi connectivity index (χ0) is 34.2. The minimum Gasteiger partial charge on any atom is -0.506 e.